The summed E-state index contributed by atoms with van der Waals surface area (Å²) in [6, 6.07) is -2.32. The maximum Gasteiger partial charge on any atom is 0.303 e. The van der Waals surface area contributed by atoms with Crippen LogP contribution in [0.2, 0.25) is 0 Å². The Morgan fingerprint density at radius 3 is 1.58 bits per heavy atom. The number of fused-ring (bicyclic) bond motifs is 2. The molecule has 0 spiro atoms. The predicted octanol–water partition coefficient (Wildman–Crippen LogP) is -3.94. The molecule has 0 saturated heterocycles. The van der Waals surface area contributed by atoms with Crippen LogP contribution in [0.15, 0.2) is 53.2 Å². The predicted molar refractivity (Wildman–Crippen MR) is 287 cm³/mol. The number of rotatable bonds is 26. The van der Waals surface area contributed by atoms with Crippen LogP contribution in [0.4, 0.5) is 0 Å². The molecule has 7 amide bonds. The average molecular weight is 1090 g/mol. The fourth-order valence-corrected chi connectivity index (χ4v) is 8.57. The third-order valence-electron chi connectivity index (χ3n) is 12.8. The molecule has 1 aliphatic rings. The highest BCUT2D eigenvalue weighted by Gasteiger charge is 2.34. The second-order valence-electron chi connectivity index (χ2n) is 19.5. The van der Waals surface area contributed by atoms with Crippen LogP contribution in [0.5, 0.6) is 0 Å². The number of aliphatic carboxylic acids is 1. The Bertz CT molecular complexity index is 2530. The third-order valence-corrected chi connectivity index (χ3v) is 12.8. The quantitative estimate of drug-likeness (QED) is 0.0207. The monoisotopic (exact) mass is 1090 g/mol. The standard InChI is InChI=1S/C49H78N20O9/c1-28(2)40(52)44(75)65-37(9-10-39(70)71)46(77)68-15-5-13-67(45(76)36(8-4-12-61-49(56)57)64-42(73)34(50)7-3-11-60-48(54)55)14-6-16-69(25-30-17-29(24-68)18-31(19-30)41(53)72)47(78)38(21-33-23-59-27-63-33)66-43(74)35(51)20-32-22-58-26-62-32/h17-19,22-23,26-28,34-38,40H,3-16,20-21,24-25,50-52H2,1-2H3,(H2,53,72)(H,58,62)(H,59,63)(H,64,73)(H,65,75)(H,66,74)(H,70,71)(H4,54,55,60)(H4,56,57,61)/t34-,35-,36-,37-,38-,40-/m0/s1. The Hall–Kier alpha value is -8.18. The Morgan fingerprint density at radius 1 is 0.615 bits per heavy atom. The number of guanidine groups is 2. The molecular formula is C49H78N20O9. The van der Waals surface area contributed by atoms with Crippen molar-refractivity contribution in [3.63, 3.8) is 0 Å². The number of aromatic nitrogens is 4. The largest absolute Gasteiger partial charge is 0.481 e. The summed E-state index contributed by atoms with van der Waals surface area (Å²) < 4.78 is 0. The number of nitrogens with zero attached hydrogens (tertiary/aromatic N) is 7. The molecule has 78 heavy (non-hydrogen) atoms. The Morgan fingerprint density at radius 2 is 1.08 bits per heavy atom. The zero-order valence-electron chi connectivity index (χ0n) is 44.3. The number of imidazole rings is 2. The van der Waals surface area contributed by atoms with E-state index in [0.717, 1.165) is 0 Å². The number of carbonyl (C=O) groups is 8. The van der Waals surface area contributed by atoms with Gasteiger partial charge in [-0.15, -0.1) is 0 Å². The van der Waals surface area contributed by atoms with Crippen LogP contribution >= 0.6 is 0 Å². The lowest BCUT2D eigenvalue weighted by molar-refractivity contribution is -0.140. The van der Waals surface area contributed by atoms with Crippen molar-refractivity contribution in [1.82, 2.24) is 50.6 Å². The van der Waals surface area contributed by atoms with Crippen molar-refractivity contribution >= 4 is 59.2 Å². The van der Waals surface area contributed by atoms with Gasteiger partial charge in [0, 0.05) is 101 Å². The van der Waals surface area contributed by atoms with Gasteiger partial charge in [0.2, 0.25) is 41.4 Å². The Kier molecular flexibility index (Phi) is 24.9. The number of nitrogens with one attached hydrogen (secondary N) is 5. The van der Waals surface area contributed by atoms with Gasteiger partial charge in [0.1, 0.15) is 18.1 Å². The number of H-pyrrole nitrogens is 2. The van der Waals surface area contributed by atoms with Gasteiger partial charge < -0.3 is 91.6 Å². The van der Waals surface area contributed by atoms with Gasteiger partial charge in [-0.3, -0.25) is 48.3 Å². The van der Waals surface area contributed by atoms with E-state index in [4.69, 9.17) is 45.9 Å². The first-order valence-electron chi connectivity index (χ1n) is 25.8. The van der Waals surface area contributed by atoms with Gasteiger partial charge >= 0.3 is 5.97 Å². The van der Waals surface area contributed by atoms with Crippen LogP contribution in [0.3, 0.4) is 0 Å². The van der Waals surface area contributed by atoms with Gasteiger partial charge in [0.05, 0.1) is 30.8 Å². The zero-order chi connectivity index (χ0) is 57.5. The van der Waals surface area contributed by atoms with E-state index in [1.165, 1.54) is 51.9 Å². The van der Waals surface area contributed by atoms with E-state index < -0.39 is 90.0 Å². The molecule has 1 aliphatic heterocycles. The smallest absolute Gasteiger partial charge is 0.303 e. The zero-order valence-corrected chi connectivity index (χ0v) is 44.3. The van der Waals surface area contributed by atoms with Gasteiger partial charge in [-0.05, 0) is 74.1 Å². The highest BCUT2D eigenvalue weighted by atomic mass is 16.4. The van der Waals surface area contributed by atoms with Crippen LogP contribution in [0.1, 0.15) is 98.1 Å². The molecule has 0 saturated carbocycles. The maximum atomic E-state index is 15.1. The first-order chi connectivity index (χ1) is 37.0. The molecule has 0 unspecified atom stereocenters. The molecule has 0 aliphatic carbocycles. The minimum atomic E-state index is -1.37. The average Bonchev–Trinajstić information content (AvgIpc) is 4.13. The van der Waals surface area contributed by atoms with Gasteiger partial charge in [0.15, 0.2) is 11.9 Å². The maximum absolute atomic E-state index is 15.1. The summed E-state index contributed by atoms with van der Waals surface area (Å²) in [7, 11) is 0. The van der Waals surface area contributed by atoms with E-state index >= 15 is 4.79 Å². The number of carbonyl (C=O) groups excluding carboxylic acids is 7. The van der Waals surface area contributed by atoms with E-state index in [0.29, 0.717) is 28.9 Å². The van der Waals surface area contributed by atoms with Crippen molar-refractivity contribution in [1.29, 1.82) is 0 Å². The number of carboxylic acid groups (broad SMARTS) is 1. The lowest BCUT2D eigenvalue weighted by atomic mass is 10.0. The summed E-state index contributed by atoms with van der Waals surface area (Å²) >= 11 is 0. The molecule has 428 valence electrons. The van der Waals surface area contributed by atoms with E-state index in [2.05, 4.69) is 45.9 Å². The van der Waals surface area contributed by atoms with E-state index in [1.54, 1.807) is 19.9 Å². The first kappa shape index (κ1) is 62.4. The lowest BCUT2D eigenvalue weighted by Crippen LogP contribution is -2.55. The van der Waals surface area contributed by atoms with Crippen molar-refractivity contribution in [3.8, 4) is 0 Å². The van der Waals surface area contributed by atoms with Gasteiger partial charge in [-0.2, -0.15) is 0 Å². The SMILES string of the molecule is CC(C)[C@H](N)C(=O)N[C@@H](CCC(=O)O)C(=O)N1CCCN(C(=O)[C@H](CCCN=C(N)N)NC(=O)[C@@H](N)CCCN=C(N)N)CCCN(C(=O)[C@H](Cc2cnc[nH]2)NC(=O)[C@@H](N)Cc2cnc[nH]2)Cc2cc(cc(C(N)=O)c2)C1. The van der Waals surface area contributed by atoms with Crippen LogP contribution in [0.25, 0.3) is 0 Å². The molecule has 2 bridgehead atoms. The van der Waals surface area contributed by atoms with Crippen LogP contribution < -0.4 is 61.8 Å². The number of primary amides is 1. The summed E-state index contributed by atoms with van der Waals surface area (Å²) in [6.07, 6.45) is 6.15. The summed E-state index contributed by atoms with van der Waals surface area (Å²) in [5, 5.41) is 17.9. The molecule has 22 N–H and O–H groups in total. The topological polar surface area (TPSA) is 493 Å². The van der Waals surface area contributed by atoms with Crippen molar-refractivity contribution in [2.24, 2.45) is 61.8 Å². The minimum Gasteiger partial charge on any atom is -0.481 e. The van der Waals surface area contributed by atoms with E-state index in [-0.39, 0.29) is 127 Å². The summed E-state index contributed by atoms with van der Waals surface area (Å²) in [5.41, 5.74) is 48.6. The highest BCUT2D eigenvalue weighted by molar-refractivity contribution is 5.94. The number of aromatic amines is 2. The summed E-state index contributed by atoms with van der Waals surface area (Å²) in [4.78, 5) is 137. The van der Waals surface area contributed by atoms with Crippen LogP contribution in [-0.2, 0) is 59.5 Å². The normalized spacial score (nSPS) is 15.5. The fraction of sp³-hybridized carbons (Fsp3) is 0.551. The van der Waals surface area contributed by atoms with E-state index in [9.17, 15) is 38.7 Å². The molecule has 0 radical (unpaired) electrons. The van der Waals surface area contributed by atoms with Crippen LogP contribution in [0, 0.1) is 5.92 Å². The number of hydrogen-bond donors (Lipinski definition) is 14. The molecule has 4 rings (SSSR count). The second kappa shape index (κ2) is 31.1. The number of amides is 7. The second-order valence-corrected chi connectivity index (χ2v) is 19.5. The van der Waals surface area contributed by atoms with Crippen molar-refractivity contribution in [2.45, 2.75) is 127 Å². The highest BCUT2D eigenvalue weighted by Crippen LogP contribution is 2.20. The van der Waals surface area contributed by atoms with Crippen molar-refractivity contribution in [2.75, 3.05) is 39.3 Å². The lowest BCUT2D eigenvalue weighted by Gasteiger charge is -2.33. The number of carboxylic acids is 1. The molecule has 29 nitrogen and oxygen atoms in total. The number of nitrogens with two attached hydrogens (primary N) is 8. The van der Waals surface area contributed by atoms with Crippen LogP contribution in [-0.4, -0.2) is 175 Å². The Balaban J connectivity index is 1.82. The third kappa shape index (κ3) is 20.7. The molecule has 0 fully saturated rings. The number of benzene rings is 1. The van der Waals surface area contributed by atoms with Crippen molar-refractivity contribution < 1.29 is 43.5 Å². The number of aliphatic imine (C=N–C) groups is 2. The van der Waals surface area contributed by atoms with Gasteiger partial charge in [0.25, 0.3) is 0 Å². The van der Waals surface area contributed by atoms with Crippen molar-refractivity contribution in [3.05, 3.63) is 71.3 Å². The molecular weight excluding hydrogens is 1010 g/mol. The summed E-state index contributed by atoms with van der Waals surface area (Å²) in [6.45, 7) is 3.20. The van der Waals surface area contributed by atoms with Gasteiger partial charge in [-0.1, -0.05) is 19.9 Å². The van der Waals surface area contributed by atoms with E-state index in [1.807, 2.05) is 0 Å². The molecule has 1 aromatic carbocycles. The molecule has 2 aromatic heterocycles. The minimum absolute atomic E-state index is 0.0228. The molecule has 3 aromatic rings. The Labute approximate surface area is 451 Å². The fourth-order valence-electron chi connectivity index (χ4n) is 8.57. The molecule has 6 atom stereocenters. The van der Waals surface area contributed by atoms with Gasteiger partial charge in [-0.25, -0.2) is 9.97 Å². The summed E-state index contributed by atoms with van der Waals surface area (Å²) in [5.74, 6) is -6.43. The molecule has 3 heterocycles. The first-order valence-corrected chi connectivity index (χ1v) is 25.8. The molecule has 29 heteroatoms. The number of hydrogen-bond acceptors (Lipinski definition) is 15.